The lowest BCUT2D eigenvalue weighted by Gasteiger charge is -2.39. The van der Waals surface area contributed by atoms with Gasteiger partial charge in [-0.05, 0) is 41.1 Å². The Labute approximate surface area is 115 Å². The molecular weight excluding hydrogens is 298 g/mol. The Kier molecular flexibility index (Phi) is 4.37. The van der Waals surface area contributed by atoms with Crippen LogP contribution in [-0.4, -0.2) is 43.3 Å². The number of ether oxygens (including phenoxy) is 1. The molecule has 0 saturated carbocycles. The van der Waals surface area contributed by atoms with Gasteiger partial charge in [-0.2, -0.15) is 0 Å². The summed E-state index contributed by atoms with van der Waals surface area (Å²) in [7, 11) is 0. The van der Waals surface area contributed by atoms with Gasteiger partial charge in [0.25, 0.3) is 0 Å². The van der Waals surface area contributed by atoms with Crippen LogP contribution >= 0.6 is 15.9 Å². The van der Waals surface area contributed by atoms with E-state index in [1.807, 2.05) is 12.1 Å². The summed E-state index contributed by atoms with van der Waals surface area (Å²) in [6.45, 7) is 3.36. The van der Waals surface area contributed by atoms with Crippen molar-refractivity contribution in [1.29, 1.82) is 0 Å². The van der Waals surface area contributed by atoms with Crippen LogP contribution in [0.1, 0.15) is 17.3 Å². The topological polar surface area (TPSA) is 49.8 Å². The molecule has 4 nitrogen and oxygen atoms in total. The van der Waals surface area contributed by atoms with Crippen LogP contribution in [0.5, 0.6) is 0 Å². The normalized spacial score (nSPS) is 24.1. The number of nitrogens with zero attached hydrogens (tertiary/aromatic N) is 1. The Morgan fingerprint density at radius 1 is 1.61 bits per heavy atom. The summed E-state index contributed by atoms with van der Waals surface area (Å²) in [5.41, 5.74) is 1.67. The van der Waals surface area contributed by atoms with Gasteiger partial charge in [0.05, 0.1) is 19.3 Å². The van der Waals surface area contributed by atoms with Gasteiger partial charge in [-0.25, -0.2) is 0 Å². The highest BCUT2D eigenvalue weighted by atomic mass is 79.9. The minimum atomic E-state index is -0.147. The number of aliphatic hydroxyl groups excluding tert-OH is 1. The Morgan fingerprint density at radius 2 is 2.39 bits per heavy atom. The molecule has 1 saturated heterocycles. The Balaban J connectivity index is 2.23. The summed E-state index contributed by atoms with van der Waals surface area (Å²) >= 11 is 3.39. The van der Waals surface area contributed by atoms with Crippen molar-refractivity contribution in [2.24, 2.45) is 0 Å². The van der Waals surface area contributed by atoms with Gasteiger partial charge >= 0.3 is 0 Å². The maximum absolute atomic E-state index is 10.8. The lowest BCUT2D eigenvalue weighted by molar-refractivity contribution is -0.0103. The van der Waals surface area contributed by atoms with Crippen molar-refractivity contribution in [2.75, 3.05) is 24.7 Å². The Morgan fingerprint density at radius 3 is 3.00 bits per heavy atom. The van der Waals surface area contributed by atoms with Crippen molar-refractivity contribution >= 4 is 27.9 Å². The Bertz CT molecular complexity index is 438. The smallest absolute Gasteiger partial charge is 0.151 e. The van der Waals surface area contributed by atoms with Crippen LogP contribution in [0.4, 0.5) is 5.69 Å². The highest BCUT2D eigenvalue weighted by Gasteiger charge is 2.26. The molecule has 98 valence electrons. The Hall–Kier alpha value is -0.910. The average Bonchev–Trinajstić information content (AvgIpc) is 2.39. The third-order valence-corrected chi connectivity index (χ3v) is 3.84. The van der Waals surface area contributed by atoms with Gasteiger partial charge < -0.3 is 14.7 Å². The predicted octanol–water partition coefficient (Wildman–Crippen LogP) is 1.85. The second-order valence-corrected chi connectivity index (χ2v) is 5.32. The number of aldehydes is 1. The van der Waals surface area contributed by atoms with Crippen LogP contribution in [0, 0.1) is 0 Å². The standard InChI is InChI=1S/C13H16BrNO3/c1-9-8-18-12(7-17)5-15(9)11-3-2-10(6-16)13(14)4-11/h2-4,6,9,12,17H,5,7-8H2,1H3. The molecule has 0 radical (unpaired) electrons. The summed E-state index contributed by atoms with van der Waals surface area (Å²) in [6, 6.07) is 5.90. The summed E-state index contributed by atoms with van der Waals surface area (Å²) < 4.78 is 6.29. The first-order chi connectivity index (χ1) is 8.65. The number of benzene rings is 1. The molecule has 0 aliphatic carbocycles. The molecule has 1 aromatic rings. The van der Waals surface area contributed by atoms with E-state index in [0.29, 0.717) is 18.7 Å². The molecular formula is C13H16BrNO3. The number of hydrogen-bond donors (Lipinski definition) is 1. The van der Waals surface area contributed by atoms with Gasteiger partial charge in [-0.1, -0.05) is 0 Å². The summed E-state index contributed by atoms with van der Waals surface area (Å²) in [5.74, 6) is 0. The molecule has 2 rings (SSSR count). The zero-order chi connectivity index (χ0) is 13.1. The first kappa shape index (κ1) is 13.5. The number of hydrogen-bond acceptors (Lipinski definition) is 4. The average molecular weight is 314 g/mol. The van der Waals surface area contributed by atoms with E-state index >= 15 is 0 Å². The van der Waals surface area contributed by atoms with E-state index in [1.54, 1.807) is 6.07 Å². The third-order valence-electron chi connectivity index (χ3n) is 3.15. The molecule has 2 unspecified atom stereocenters. The number of halogens is 1. The van der Waals surface area contributed by atoms with Gasteiger partial charge in [-0.3, -0.25) is 4.79 Å². The van der Waals surface area contributed by atoms with E-state index in [0.717, 1.165) is 16.4 Å². The molecule has 18 heavy (non-hydrogen) atoms. The van der Waals surface area contributed by atoms with Crippen molar-refractivity contribution in [2.45, 2.75) is 19.1 Å². The van der Waals surface area contributed by atoms with Gasteiger partial charge in [0.2, 0.25) is 0 Å². The zero-order valence-electron chi connectivity index (χ0n) is 10.2. The molecule has 1 heterocycles. The first-order valence-electron chi connectivity index (χ1n) is 5.89. The van der Waals surface area contributed by atoms with E-state index < -0.39 is 0 Å². The highest BCUT2D eigenvalue weighted by molar-refractivity contribution is 9.10. The molecule has 0 bridgehead atoms. The van der Waals surface area contributed by atoms with Crippen molar-refractivity contribution in [1.82, 2.24) is 0 Å². The van der Waals surface area contributed by atoms with Gasteiger partial charge in [0, 0.05) is 28.3 Å². The molecule has 0 amide bonds. The second kappa shape index (κ2) is 5.82. The maximum Gasteiger partial charge on any atom is 0.151 e. The van der Waals surface area contributed by atoms with Crippen molar-refractivity contribution < 1.29 is 14.6 Å². The summed E-state index contributed by atoms with van der Waals surface area (Å²) in [6.07, 6.45) is 0.679. The van der Waals surface area contributed by atoms with Gasteiger partial charge in [0.15, 0.2) is 6.29 Å². The SMILES string of the molecule is CC1COC(CO)CN1c1ccc(C=O)c(Br)c1. The van der Waals surface area contributed by atoms with Crippen molar-refractivity contribution in [3.05, 3.63) is 28.2 Å². The number of carbonyl (C=O) groups is 1. The third kappa shape index (κ3) is 2.74. The number of morpholine rings is 1. The van der Waals surface area contributed by atoms with Crippen molar-refractivity contribution in [3.8, 4) is 0 Å². The molecule has 1 N–H and O–H groups in total. The maximum atomic E-state index is 10.8. The van der Waals surface area contributed by atoms with E-state index in [4.69, 9.17) is 4.74 Å². The van der Waals surface area contributed by atoms with Crippen LogP contribution in [0.25, 0.3) is 0 Å². The van der Waals surface area contributed by atoms with Gasteiger partial charge in [-0.15, -0.1) is 0 Å². The highest BCUT2D eigenvalue weighted by Crippen LogP contribution is 2.26. The quantitative estimate of drug-likeness (QED) is 0.865. The molecule has 1 aliphatic rings. The van der Waals surface area contributed by atoms with E-state index in [9.17, 15) is 9.90 Å². The number of carbonyl (C=O) groups excluding carboxylic acids is 1. The predicted molar refractivity (Wildman–Crippen MR) is 73.2 cm³/mol. The van der Waals surface area contributed by atoms with Crippen LogP contribution < -0.4 is 4.90 Å². The lowest BCUT2D eigenvalue weighted by Crippen LogP contribution is -2.49. The molecule has 0 spiro atoms. The molecule has 5 heteroatoms. The minimum absolute atomic E-state index is 0.0246. The summed E-state index contributed by atoms with van der Waals surface area (Å²) in [4.78, 5) is 13.0. The molecule has 2 atom stereocenters. The number of rotatable bonds is 3. The molecule has 1 aromatic carbocycles. The fourth-order valence-electron chi connectivity index (χ4n) is 2.08. The zero-order valence-corrected chi connectivity index (χ0v) is 11.8. The summed E-state index contributed by atoms with van der Waals surface area (Å²) in [5, 5.41) is 9.17. The monoisotopic (exact) mass is 313 g/mol. The molecule has 1 aliphatic heterocycles. The minimum Gasteiger partial charge on any atom is -0.394 e. The lowest BCUT2D eigenvalue weighted by atomic mass is 10.1. The fraction of sp³-hybridized carbons (Fsp3) is 0.462. The molecule has 1 fully saturated rings. The first-order valence-corrected chi connectivity index (χ1v) is 6.69. The van der Waals surface area contributed by atoms with E-state index in [-0.39, 0.29) is 18.8 Å². The van der Waals surface area contributed by atoms with E-state index in [1.165, 1.54) is 0 Å². The second-order valence-electron chi connectivity index (χ2n) is 4.46. The number of aliphatic hydroxyl groups is 1. The van der Waals surface area contributed by atoms with Crippen molar-refractivity contribution in [3.63, 3.8) is 0 Å². The number of anilines is 1. The van der Waals surface area contributed by atoms with E-state index in [2.05, 4.69) is 27.8 Å². The van der Waals surface area contributed by atoms with Crippen LogP contribution in [0.15, 0.2) is 22.7 Å². The van der Waals surface area contributed by atoms with Crippen LogP contribution in [0.2, 0.25) is 0 Å². The largest absolute Gasteiger partial charge is 0.394 e. The van der Waals surface area contributed by atoms with Gasteiger partial charge in [0.1, 0.15) is 0 Å². The van der Waals surface area contributed by atoms with Crippen LogP contribution in [-0.2, 0) is 4.74 Å². The van der Waals surface area contributed by atoms with Crippen LogP contribution in [0.3, 0.4) is 0 Å². The molecule has 0 aromatic heterocycles. The fourth-order valence-corrected chi connectivity index (χ4v) is 2.54.